The second-order valence-corrected chi connectivity index (χ2v) is 3.81. The number of benzene rings is 1. The molecule has 0 saturated carbocycles. The first kappa shape index (κ1) is 9.84. The Morgan fingerprint density at radius 2 is 1.87 bits per heavy atom. The van der Waals surface area contributed by atoms with E-state index in [-0.39, 0.29) is 0 Å². The molecule has 0 spiro atoms. The molecule has 0 bridgehead atoms. The van der Waals surface area contributed by atoms with Crippen molar-refractivity contribution >= 4 is 0 Å². The largest absolute Gasteiger partial charge is 0.441 e. The molecular formula is C13H15NO. The van der Waals surface area contributed by atoms with Gasteiger partial charge in [0.15, 0.2) is 5.88 Å². The summed E-state index contributed by atoms with van der Waals surface area (Å²) in [5.41, 5.74) is 2.54. The van der Waals surface area contributed by atoms with Crippen LogP contribution < -0.4 is 4.74 Å². The van der Waals surface area contributed by atoms with Gasteiger partial charge in [-0.15, -0.1) is 0 Å². The Morgan fingerprint density at radius 1 is 1.07 bits per heavy atom. The zero-order valence-electron chi connectivity index (χ0n) is 9.32. The molecule has 0 unspecified atom stereocenters. The van der Waals surface area contributed by atoms with Crippen molar-refractivity contribution in [1.29, 1.82) is 0 Å². The molecule has 1 aromatic carbocycles. The average Bonchev–Trinajstić information content (AvgIpc) is 2.59. The minimum absolute atomic E-state index is 0.859. The summed E-state index contributed by atoms with van der Waals surface area (Å²) in [7, 11) is 1.97. The van der Waals surface area contributed by atoms with Crippen LogP contribution in [0, 0.1) is 13.8 Å². The summed E-state index contributed by atoms with van der Waals surface area (Å²) in [6, 6.07) is 10.1. The number of ether oxygens (including phenoxy) is 1. The highest BCUT2D eigenvalue weighted by Crippen LogP contribution is 2.23. The molecular weight excluding hydrogens is 186 g/mol. The molecule has 2 nitrogen and oxygen atoms in total. The van der Waals surface area contributed by atoms with Gasteiger partial charge in [-0.3, -0.25) is 0 Å². The molecule has 1 aromatic heterocycles. The average molecular weight is 201 g/mol. The van der Waals surface area contributed by atoms with Gasteiger partial charge < -0.3 is 9.30 Å². The van der Waals surface area contributed by atoms with Gasteiger partial charge in [0.1, 0.15) is 5.75 Å². The van der Waals surface area contributed by atoms with Gasteiger partial charge in [0.25, 0.3) is 0 Å². The Hall–Kier alpha value is -1.70. The Bertz CT molecular complexity index is 471. The molecule has 0 aliphatic carbocycles. The topological polar surface area (TPSA) is 14.2 Å². The summed E-state index contributed by atoms with van der Waals surface area (Å²) in [4.78, 5) is 0. The van der Waals surface area contributed by atoms with Gasteiger partial charge in [0, 0.05) is 19.3 Å². The molecule has 2 rings (SSSR count). The number of hydrogen-bond donors (Lipinski definition) is 0. The third-order valence-corrected chi connectivity index (χ3v) is 2.60. The number of nitrogens with zero attached hydrogens (tertiary/aromatic N) is 1. The van der Waals surface area contributed by atoms with Crippen molar-refractivity contribution in [3.63, 3.8) is 0 Å². The van der Waals surface area contributed by atoms with E-state index >= 15 is 0 Å². The number of aromatic nitrogens is 1. The third kappa shape index (κ3) is 2.04. The van der Waals surface area contributed by atoms with E-state index in [1.807, 2.05) is 36.0 Å². The first-order valence-electron chi connectivity index (χ1n) is 5.03. The molecule has 2 aromatic rings. The molecule has 0 aliphatic heterocycles. The first-order chi connectivity index (χ1) is 7.16. The minimum atomic E-state index is 0.859. The summed E-state index contributed by atoms with van der Waals surface area (Å²) in [5, 5.41) is 0. The van der Waals surface area contributed by atoms with Crippen LogP contribution in [0.1, 0.15) is 11.1 Å². The van der Waals surface area contributed by atoms with Crippen LogP contribution >= 0.6 is 0 Å². The van der Waals surface area contributed by atoms with Gasteiger partial charge in [-0.05, 0) is 43.2 Å². The fourth-order valence-corrected chi connectivity index (χ4v) is 1.45. The van der Waals surface area contributed by atoms with Gasteiger partial charge in [-0.2, -0.15) is 0 Å². The summed E-state index contributed by atoms with van der Waals surface area (Å²) in [6.07, 6.45) is 1.97. The molecule has 0 N–H and O–H groups in total. The van der Waals surface area contributed by atoms with Crippen LogP contribution in [0.3, 0.4) is 0 Å². The van der Waals surface area contributed by atoms with Crippen LogP contribution in [0.15, 0.2) is 36.5 Å². The predicted octanol–water partition coefficient (Wildman–Crippen LogP) is 3.43. The van der Waals surface area contributed by atoms with Gasteiger partial charge >= 0.3 is 0 Å². The van der Waals surface area contributed by atoms with E-state index in [0.717, 1.165) is 11.6 Å². The van der Waals surface area contributed by atoms with Gasteiger partial charge in [-0.1, -0.05) is 6.07 Å². The fourth-order valence-electron chi connectivity index (χ4n) is 1.45. The zero-order chi connectivity index (χ0) is 10.8. The van der Waals surface area contributed by atoms with E-state index in [0.29, 0.717) is 0 Å². The molecule has 2 heteroatoms. The minimum Gasteiger partial charge on any atom is -0.441 e. The second kappa shape index (κ2) is 3.81. The highest BCUT2D eigenvalue weighted by molar-refractivity contribution is 5.36. The van der Waals surface area contributed by atoms with Crippen LogP contribution in [0.2, 0.25) is 0 Å². The van der Waals surface area contributed by atoms with E-state index in [9.17, 15) is 0 Å². The Labute approximate surface area is 90.1 Å². The highest BCUT2D eigenvalue weighted by atomic mass is 16.5. The van der Waals surface area contributed by atoms with E-state index in [4.69, 9.17) is 4.74 Å². The van der Waals surface area contributed by atoms with Crippen molar-refractivity contribution in [2.45, 2.75) is 13.8 Å². The number of aryl methyl sites for hydroxylation is 3. The maximum Gasteiger partial charge on any atom is 0.199 e. The normalized spacial score (nSPS) is 10.3. The van der Waals surface area contributed by atoms with Crippen LogP contribution in [0.5, 0.6) is 11.6 Å². The van der Waals surface area contributed by atoms with Gasteiger partial charge in [-0.25, -0.2) is 0 Å². The van der Waals surface area contributed by atoms with E-state index in [2.05, 4.69) is 26.0 Å². The lowest BCUT2D eigenvalue weighted by atomic mass is 10.1. The monoisotopic (exact) mass is 201 g/mol. The lowest BCUT2D eigenvalue weighted by Crippen LogP contribution is -1.92. The molecule has 0 radical (unpaired) electrons. The van der Waals surface area contributed by atoms with Crippen molar-refractivity contribution in [3.8, 4) is 11.6 Å². The van der Waals surface area contributed by atoms with Crippen LogP contribution in [0.25, 0.3) is 0 Å². The molecule has 0 atom stereocenters. The van der Waals surface area contributed by atoms with E-state index in [1.165, 1.54) is 11.1 Å². The molecule has 78 valence electrons. The smallest absolute Gasteiger partial charge is 0.199 e. The van der Waals surface area contributed by atoms with Crippen molar-refractivity contribution < 1.29 is 4.74 Å². The third-order valence-electron chi connectivity index (χ3n) is 2.60. The lowest BCUT2D eigenvalue weighted by molar-refractivity contribution is 0.443. The van der Waals surface area contributed by atoms with E-state index in [1.54, 1.807) is 0 Å². The Balaban J connectivity index is 2.25. The summed E-state index contributed by atoms with van der Waals surface area (Å²) in [6.45, 7) is 4.19. The maximum atomic E-state index is 5.75. The Kier molecular flexibility index (Phi) is 2.50. The predicted molar refractivity (Wildman–Crippen MR) is 61.4 cm³/mol. The quantitative estimate of drug-likeness (QED) is 0.726. The molecule has 1 heterocycles. The van der Waals surface area contributed by atoms with Crippen LogP contribution in [-0.4, -0.2) is 4.57 Å². The SMILES string of the molecule is Cc1ccc(Oc2cccn2C)cc1C. The van der Waals surface area contributed by atoms with Crippen molar-refractivity contribution in [3.05, 3.63) is 47.7 Å². The van der Waals surface area contributed by atoms with E-state index < -0.39 is 0 Å². The first-order valence-corrected chi connectivity index (χ1v) is 5.03. The number of hydrogen-bond acceptors (Lipinski definition) is 1. The molecule has 0 fully saturated rings. The number of rotatable bonds is 2. The molecule has 0 saturated heterocycles. The lowest BCUT2D eigenvalue weighted by Gasteiger charge is -2.08. The molecule has 15 heavy (non-hydrogen) atoms. The van der Waals surface area contributed by atoms with Gasteiger partial charge in [0.05, 0.1) is 0 Å². The summed E-state index contributed by atoms with van der Waals surface area (Å²) < 4.78 is 7.70. The molecule has 0 aliphatic rings. The summed E-state index contributed by atoms with van der Waals surface area (Å²) in [5.74, 6) is 1.75. The second-order valence-electron chi connectivity index (χ2n) is 3.81. The Morgan fingerprint density at radius 3 is 2.47 bits per heavy atom. The van der Waals surface area contributed by atoms with Crippen LogP contribution in [0.4, 0.5) is 0 Å². The summed E-state index contributed by atoms with van der Waals surface area (Å²) >= 11 is 0. The van der Waals surface area contributed by atoms with Crippen LogP contribution in [-0.2, 0) is 7.05 Å². The fraction of sp³-hybridized carbons (Fsp3) is 0.231. The van der Waals surface area contributed by atoms with Crippen molar-refractivity contribution in [2.24, 2.45) is 7.05 Å². The highest BCUT2D eigenvalue weighted by Gasteiger charge is 2.01. The standard InChI is InChI=1S/C13H15NO/c1-10-6-7-12(9-11(10)2)15-13-5-4-8-14(13)3/h4-9H,1-3H3. The van der Waals surface area contributed by atoms with Crippen molar-refractivity contribution in [2.75, 3.05) is 0 Å². The maximum absolute atomic E-state index is 5.75. The van der Waals surface area contributed by atoms with Gasteiger partial charge in [0.2, 0.25) is 0 Å². The van der Waals surface area contributed by atoms with Crippen molar-refractivity contribution in [1.82, 2.24) is 4.57 Å². The molecule has 0 amide bonds. The zero-order valence-corrected chi connectivity index (χ0v) is 9.32.